The molecule has 1 unspecified atom stereocenters. The quantitative estimate of drug-likeness (QED) is 0.124. The lowest BCUT2D eigenvalue weighted by molar-refractivity contribution is -0.169. The van der Waals surface area contributed by atoms with Gasteiger partial charge in [0.15, 0.2) is 6.29 Å². The van der Waals surface area contributed by atoms with E-state index in [2.05, 4.69) is 0 Å². The second kappa shape index (κ2) is 25.3. The molecule has 0 N–H and O–H groups in total. The van der Waals surface area contributed by atoms with Gasteiger partial charge in [0.2, 0.25) is 0 Å². The van der Waals surface area contributed by atoms with E-state index in [4.69, 9.17) is 47.4 Å². The van der Waals surface area contributed by atoms with E-state index < -0.39 is 0 Å². The van der Waals surface area contributed by atoms with E-state index in [1.54, 1.807) is 24.3 Å². The van der Waals surface area contributed by atoms with Gasteiger partial charge in [-0.15, -0.1) is 0 Å². The zero-order valence-corrected chi connectivity index (χ0v) is 23.1. The first-order valence-corrected chi connectivity index (χ1v) is 13.9. The van der Waals surface area contributed by atoms with Crippen LogP contribution in [-0.4, -0.2) is 125 Å². The summed E-state index contributed by atoms with van der Waals surface area (Å²) in [4.78, 5) is 11.8. The van der Waals surface area contributed by atoms with Crippen LogP contribution in [-0.2, 0) is 47.4 Å². The van der Waals surface area contributed by atoms with E-state index in [1.165, 1.54) is 0 Å². The Kier molecular flexibility index (Phi) is 21.8. The molecule has 11 nitrogen and oxygen atoms in total. The average Bonchev–Trinajstić information content (AvgIpc) is 2.98. The highest BCUT2D eigenvalue weighted by Crippen LogP contribution is 2.13. The Labute approximate surface area is 232 Å². The molecule has 11 heteroatoms. The first-order chi connectivity index (χ1) is 19.4. The summed E-state index contributed by atoms with van der Waals surface area (Å²) in [5.74, 6) is -0.352. The normalized spacial score (nSPS) is 15.4. The fourth-order valence-electron chi connectivity index (χ4n) is 3.35. The molecule has 1 aromatic rings. The summed E-state index contributed by atoms with van der Waals surface area (Å²) < 4.78 is 54.3. The fourth-order valence-corrected chi connectivity index (χ4v) is 3.35. The molecule has 0 aliphatic carbocycles. The van der Waals surface area contributed by atoms with Crippen molar-refractivity contribution in [1.29, 1.82) is 0 Å². The van der Waals surface area contributed by atoms with E-state index in [1.807, 2.05) is 6.07 Å². The smallest absolute Gasteiger partial charge is 0.338 e. The first-order valence-electron chi connectivity index (χ1n) is 13.9. The Morgan fingerprint density at radius 1 is 0.590 bits per heavy atom. The molecule has 0 amide bonds. The van der Waals surface area contributed by atoms with Crippen molar-refractivity contribution < 1.29 is 52.2 Å². The zero-order valence-electron chi connectivity index (χ0n) is 23.1. The third kappa shape index (κ3) is 19.9. The van der Waals surface area contributed by atoms with Gasteiger partial charge in [0, 0.05) is 6.61 Å². The monoisotopic (exact) mass is 558 g/mol. The van der Waals surface area contributed by atoms with Crippen LogP contribution in [0.5, 0.6) is 0 Å². The van der Waals surface area contributed by atoms with Crippen molar-refractivity contribution >= 4 is 5.97 Å². The Hall–Kier alpha value is -1.67. The standard InChI is InChI=1S/C28H46O11/c29-28(26-6-2-1-3-7-26)39-25-23-36-21-19-34-17-15-32-13-11-30-10-12-31-14-16-33-18-20-35-22-24-38-27-8-4-5-9-37-27/h1-3,6-7,27H,4-5,8-25H2. The van der Waals surface area contributed by atoms with Crippen molar-refractivity contribution in [1.82, 2.24) is 0 Å². The molecule has 1 heterocycles. The molecule has 0 spiro atoms. The number of carbonyl (C=O) groups excluding carboxylic acids is 1. The molecule has 1 fully saturated rings. The van der Waals surface area contributed by atoms with Gasteiger partial charge in [0.25, 0.3) is 0 Å². The number of hydrogen-bond acceptors (Lipinski definition) is 11. The van der Waals surface area contributed by atoms with Crippen LogP contribution in [0, 0.1) is 0 Å². The zero-order chi connectivity index (χ0) is 27.5. The van der Waals surface area contributed by atoms with Crippen LogP contribution in [0.3, 0.4) is 0 Å². The van der Waals surface area contributed by atoms with Gasteiger partial charge in [-0.1, -0.05) is 18.2 Å². The number of benzene rings is 1. The van der Waals surface area contributed by atoms with Crippen molar-refractivity contribution in [3.63, 3.8) is 0 Å². The molecule has 1 aliphatic rings. The number of ether oxygens (including phenoxy) is 10. The van der Waals surface area contributed by atoms with Crippen molar-refractivity contribution in [2.24, 2.45) is 0 Å². The maximum absolute atomic E-state index is 11.8. The number of rotatable bonds is 26. The summed E-state index contributed by atoms with van der Waals surface area (Å²) in [6.07, 6.45) is 3.18. The minimum Gasteiger partial charge on any atom is -0.460 e. The summed E-state index contributed by atoms with van der Waals surface area (Å²) in [6, 6.07) is 8.86. The summed E-state index contributed by atoms with van der Waals surface area (Å²) in [7, 11) is 0. The van der Waals surface area contributed by atoms with Gasteiger partial charge in [0.1, 0.15) is 6.61 Å². The molecule has 224 valence electrons. The van der Waals surface area contributed by atoms with Crippen LogP contribution in [0.2, 0.25) is 0 Å². The number of carbonyl (C=O) groups is 1. The third-order valence-electron chi connectivity index (χ3n) is 5.37. The molecule has 1 saturated heterocycles. The third-order valence-corrected chi connectivity index (χ3v) is 5.37. The summed E-state index contributed by atoms with van der Waals surface area (Å²) >= 11 is 0. The fraction of sp³-hybridized carbons (Fsp3) is 0.750. The van der Waals surface area contributed by atoms with Crippen LogP contribution < -0.4 is 0 Å². The molecule has 1 aliphatic heterocycles. The van der Waals surface area contributed by atoms with Gasteiger partial charge in [0.05, 0.1) is 105 Å². The van der Waals surface area contributed by atoms with E-state index in [0.717, 1.165) is 25.9 Å². The first kappa shape index (κ1) is 33.5. The highest BCUT2D eigenvalue weighted by Gasteiger charge is 2.13. The molecule has 39 heavy (non-hydrogen) atoms. The second-order valence-electron chi connectivity index (χ2n) is 8.46. The van der Waals surface area contributed by atoms with Gasteiger partial charge < -0.3 is 47.4 Å². The van der Waals surface area contributed by atoms with Crippen LogP contribution in [0.1, 0.15) is 29.6 Å². The van der Waals surface area contributed by atoms with Gasteiger partial charge in [-0.2, -0.15) is 0 Å². The Morgan fingerprint density at radius 2 is 1.03 bits per heavy atom. The molecule has 0 bridgehead atoms. The van der Waals surface area contributed by atoms with Crippen molar-refractivity contribution in [3.05, 3.63) is 35.9 Å². The topological polar surface area (TPSA) is 109 Å². The predicted octanol–water partition coefficient (Wildman–Crippen LogP) is 2.50. The average molecular weight is 559 g/mol. The minimum absolute atomic E-state index is 0.0672. The van der Waals surface area contributed by atoms with Gasteiger partial charge in [-0.05, 0) is 31.4 Å². The van der Waals surface area contributed by atoms with Crippen molar-refractivity contribution in [3.8, 4) is 0 Å². The lowest BCUT2D eigenvalue weighted by Gasteiger charge is -2.22. The van der Waals surface area contributed by atoms with E-state index in [9.17, 15) is 4.79 Å². The molecule has 0 aromatic heterocycles. The molecule has 2 rings (SSSR count). The van der Waals surface area contributed by atoms with E-state index in [0.29, 0.717) is 105 Å². The van der Waals surface area contributed by atoms with Crippen LogP contribution in [0.25, 0.3) is 0 Å². The van der Waals surface area contributed by atoms with Gasteiger partial charge in [-0.25, -0.2) is 4.79 Å². The van der Waals surface area contributed by atoms with Gasteiger partial charge >= 0.3 is 5.97 Å². The minimum atomic E-state index is -0.352. The second-order valence-corrected chi connectivity index (χ2v) is 8.46. The number of hydrogen-bond donors (Lipinski definition) is 0. The molecular weight excluding hydrogens is 512 g/mol. The number of esters is 1. The highest BCUT2D eigenvalue weighted by atomic mass is 16.7. The van der Waals surface area contributed by atoms with Crippen molar-refractivity contribution in [2.75, 3.05) is 112 Å². The maximum Gasteiger partial charge on any atom is 0.338 e. The Balaban J connectivity index is 1.17. The lowest BCUT2D eigenvalue weighted by Crippen LogP contribution is -2.24. The summed E-state index contributed by atoms with van der Waals surface area (Å²) in [5.41, 5.74) is 0.529. The van der Waals surface area contributed by atoms with Crippen LogP contribution >= 0.6 is 0 Å². The molecule has 1 aromatic carbocycles. The highest BCUT2D eigenvalue weighted by molar-refractivity contribution is 5.89. The molecule has 0 saturated carbocycles. The van der Waals surface area contributed by atoms with Crippen LogP contribution in [0.4, 0.5) is 0 Å². The SMILES string of the molecule is O=C(OCCOCCOCCOCCOCCOCCOCCOCCOC1CCCCO1)c1ccccc1. The molecule has 1 atom stereocenters. The van der Waals surface area contributed by atoms with E-state index in [-0.39, 0.29) is 18.9 Å². The van der Waals surface area contributed by atoms with E-state index >= 15 is 0 Å². The van der Waals surface area contributed by atoms with Crippen molar-refractivity contribution in [2.45, 2.75) is 25.6 Å². The van der Waals surface area contributed by atoms with Crippen LogP contribution in [0.15, 0.2) is 30.3 Å². The molecular formula is C28H46O11. The van der Waals surface area contributed by atoms with Gasteiger partial charge in [-0.3, -0.25) is 0 Å². The molecule has 0 radical (unpaired) electrons. The summed E-state index contributed by atoms with van der Waals surface area (Å²) in [6.45, 7) is 8.35. The largest absolute Gasteiger partial charge is 0.460 e. The predicted molar refractivity (Wildman–Crippen MR) is 142 cm³/mol. The lowest BCUT2D eigenvalue weighted by atomic mass is 10.2. The maximum atomic E-state index is 11.8. The summed E-state index contributed by atoms with van der Waals surface area (Å²) in [5, 5.41) is 0. The Bertz CT molecular complexity index is 671. The Morgan fingerprint density at radius 3 is 1.46 bits per heavy atom.